The van der Waals surface area contributed by atoms with Gasteiger partial charge in [0.15, 0.2) is 12.6 Å². The van der Waals surface area contributed by atoms with Gasteiger partial charge in [-0.2, -0.15) is 0 Å². The van der Waals surface area contributed by atoms with Crippen LogP contribution in [0.3, 0.4) is 0 Å². The Labute approximate surface area is 176 Å². The van der Waals surface area contributed by atoms with E-state index in [-0.39, 0.29) is 30.9 Å². The van der Waals surface area contributed by atoms with E-state index in [2.05, 4.69) is 10.6 Å². The number of ether oxygens (including phenoxy) is 5. The molecule has 2 saturated heterocycles. The van der Waals surface area contributed by atoms with Crippen LogP contribution in [0.1, 0.15) is 27.2 Å². The van der Waals surface area contributed by atoms with Gasteiger partial charge in [0, 0.05) is 40.4 Å². The molecule has 30 heavy (non-hydrogen) atoms. The van der Waals surface area contributed by atoms with Crippen molar-refractivity contribution in [1.82, 2.24) is 10.6 Å². The molecule has 0 aromatic heterocycles. The summed E-state index contributed by atoms with van der Waals surface area (Å²) in [6.45, 7) is 3.99. The molecule has 2 heterocycles. The minimum atomic E-state index is -0.917. The molecule has 0 spiro atoms. The van der Waals surface area contributed by atoms with Gasteiger partial charge < -0.3 is 44.5 Å². The first-order chi connectivity index (χ1) is 14.2. The zero-order valence-electron chi connectivity index (χ0n) is 18.1. The predicted molar refractivity (Wildman–Crippen MR) is 103 cm³/mol. The second kappa shape index (κ2) is 11.3. The first-order valence-electron chi connectivity index (χ1n) is 10.0. The second-order valence-electron chi connectivity index (χ2n) is 7.69. The van der Waals surface area contributed by atoms with Gasteiger partial charge in [-0.05, 0) is 0 Å². The Bertz CT molecular complexity index is 578. The zero-order valence-corrected chi connectivity index (χ0v) is 18.1. The topological polar surface area (TPSA) is 145 Å². The molecule has 0 aromatic rings. The van der Waals surface area contributed by atoms with E-state index in [0.29, 0.717) is 6.42 Å². The van der Waals surface area contributed by atoms with E-state index in [1.165, 1.54) is 28.1 Å². The molecular weight excluding hydrogens is 400 g/mol. The van der Waals surface area contributed by atoms with Crippen molar-refractivity contribution in [2.24, 2.45) is 5.92 Å². The standard InChI is InChI=1S/C19H34N2O9/c1-9-16(21-11(3)25)19(27-5)29-15(8-23)17(9)30-18-12(20-10(2)24)6-13(26-4)14(7-22)28-18/h9,12-19,22-23H,6-8H2,1-5H3,(H,20,24)(H,21,25)/t9-,12?,13?,14?,15?,16?,17-,18+,19+/m0/s1. The first kappa shape index (κ1) is 24.9. The molecule has 2 fully saturated rings. The Kier molecular flexibility index (Phi) is 9.41. The Hall–Kier alpha value is -1.34. The number of aliphatic hydroxyl groups is 2. The molecule has 0 aliphatic carbocycles. The predicted octanol–water partition coefficient (Wildman–Crippen LogP) is -1.50. The van der Waals surface area contributed by atoms with Crippen LogP contribution in [0.5, 0.6) is 0 Å². The number of amides is 2. The Morgan fingerprint density at radius 1 is 0.967 bits per heavy atom. The van der Waals surface area contributed by atoms with Crippen molar-refractivity contribution in [2.75, 3.05) is 27.4 Å². The average molecular weight is 434 g/mol. The van der Waals surface area contributed by atoms with Gasteiger partial charge in [-0.3, -0.25) is 9.59 Å². The Morgan fingerprint density at radius 3 is 2.07 bits per heavy atom. The number of nitrogens with one attached hydrogen (secondary N) is 2. The van der Waals surface area contributed by atoms with Gasteiger partial charge in [-0.15, -0.1) is 0 Å². The van der Waals surface area contributed by atoms with Crippen LogP contribution >= 0.6 is 0 Å². The Balaban J connectivity index is 2.24. The molecule has 0 aromatic carbocycles. The lowest BCUT2D eigenvalue weighted by Gasteiger charge is -2.48. The van der Waals surface area contributed by atoms with Crippen LogP contribution in [0, 0.1) is 5.92 Å². The van der Waals surface area contributed by atoms with Crippen LogP contribution in [0.15, 0.2) is 0 Å². The summed E-state index contributed by atoms with van der Waals surface area (Å²) in [6, 6.07) is -1.07. The molecule has 2 aliphatic heterocycles. The quantitative estimate of drug-likeness (QED) is 0.359. The molecule has 11 heteroatoms. The zero-order chi connectivity index (χ0) is 22.4. The van der Waals surface area contributed by atoms with E-state index in [0.717, 1.165) is 0 Å². The molecule has 11 nitrogen and oxygen atoms in total. The molecule has 9 atom stereocenters. The summed E-state index contributed by atoms with van der Waals surface area (Å²) in [4.78, 5) is 23.4. The van der Waals surface area contributed by atoms with E-state index in [1.54, 1.807) is 0 Å². The number of hydrogen-bond acceptors (Lipinski definition) is 9. The van der Waals surface area contributed by atoms with Gasteiger partial charge in [-0.1, -0.05) is 6.92 Å². The van der Waals surface area contributed by atoms with Crippen molar-refractivity contribution in [3.63, 3.8) is 0 Å². The first-order valence-corrected chi connectivity index (χ1v) is 10.0. The summed E-state index contributed by atoms with van der Waals surface area (Å²) < 4.78 is 28.6. The van der Waals surface area contributed by atoms with Gasteiger partial charge in [-0.25, -0.2) is 0 Å². The van der Waals surface area contributed by atoms with Crippen molar-refractivity contribution < 1.29 is 43.5 Å². The third-order valence-corrected chi connectivity index (χ3v) is 5.54. The van der Waals surface area contributed by atoms with E-state index in [1.807, 2.05) is 6.92 Å². The summed E-state index contributed by atoms with van der Waals surface area (Å²) in [5.41, 5.74) is 0. The third kappa shape index (κ3) is 5.88. The molecule has 0 bridgehead atoms. The largest absolute Gasteiger partial charge is 0.394 e. The lowest BCUT2D eigenvalue weighted by atomic mass is 9.88. The van der Waals surface area contributed by atoms with Gasteiger partial charge in [0.05, 0.1) is 37.5 Å². The van der Waals surface area contributed by atoms with E-state index in [4.69, 9.17) is 23.7 Å². The van der Waals surface area contributed by atoms with Crippen molar-refractivity contribution in [3.05, 3.63) is 0 Å². The number of carbonyl (C=O) groups excluding carboxylic acids is 2. The molecule has 4 N–H and O–H groups in total. The maximum Gasteiger partial charge on any atom is 0.217 e. The molecule has 0 radical (unpaired) electrons. The monoisotopic (exact) mass is 434 g/mol. The molecular formula is C19H34N2O9. The molecule has 0 saturated carbocycles. The molecule has 2 aliphatic rings. The Morgan fingerprint density at radius 2 is 1.57 bits per heavy atom. The van der Waals surface area contributed by atoms with Crippen LogP contribution < -0.4 is 10.6 Å². The fraction of sp³-hybridized carbons (Fsp3) is 0.895. The van der Waals surface area contributed by atoms with Gasteiger partial charge in [0.2, 0.25) is 11.8 Å². The highest BCUT2D eigenvalue weighted by molar-refractivity contribution is 5.73. The van der Waals surface area contributed by atoms with E-state index in [9.17, 15) is 19.8 Å². The summed E-state index contributed by atoms with van der Waals surface area (Å²) in [5.74, 6) is -0.845. The minimum Gasteiger partial charge on any atom is -0.394 e. The minimum absolute atomic E-state index is 0.257. The van der Waals surface area contributed by atoms with E-state index < -0.39 is 49.1 Å². The van der Waals surface area contributed by atoms with Crippen LogP contribution in [-0.4, -0.2) is 98.5 Å². The molecule has 5 unspecified atom stereocenters. The van der Waals surface area contributed by atoms with Crippen LogP contribution in [0.4, 0.5) is 0 Å². The van der Waals surface area contributed by atoms with Crippen molar-refractivity contribution >= 4 is 11.8 Å². The summed E-state index contributed by atoms with van der Waals surface area (Å²) in [6.07, 6.45) is -3.81. The SMILES string of the molecule is COC1CC(NC(C)=O)[C@@H](O[C@@H]2C(CO)O[C@@H](OC)C(NC(C)=O)[C@@H]2C)OC1CO. The highest BCUT2D eigenvalue weighted by atomic mass is 16.7. The third-order valence-electron chi connectivity index (χ3n) is 5.54. The average Bonchev–Trinajstić information content (AvgIpc) is 2.70. The summed E-state index contributed by atoms with van der Waals surface area (Å²) in [7, 11) is 2.96. The number of hydrogen-bond donors (Lipinski definition) is 4. The smallest absolute Gasteiger partial charge is 0.217 e. The van der Waals surface area contributed by atoms with Crippen LogP contribution in [0.2, 0.25) is 0 Å². The van der Waals surface area contributed by atoms with Crippen LogP contribution in [-0.2, 0) is 33.3 Å². The number of rotatable bonds is 8. The highest BCUT2D eigenvalue weighted by Gasteiger charge is 2.48. The van der Waals surface area contributed by atoms with Gasteiger partial charge in [0.25, 0.3) is 0 Å². The fourth-order valence-corrected chi connectivity index (χ4v) is 4.07. The number of carbonyl (C=O) groups is 2. The summed E-state index contributed by atoms with van der Waals surface area (Å²) in [5, 5.41) is 25.1. The second-order valence-corrected chi connectivity index (χ2v) is 7.69. The molecule has 2 rings (SSSR count). The van der Waals surface area contributed by atoms with Crippen LogP contribution in [0.25, 0.3) is 0 Å². The van der Waals surface area contributed by atoms with E-state index >= 15 is 0 Å². The highest BCUT2D eigenvalue weighted by Crippen LogP contribution is 2.32. The maximum absolute atomic E-state index is 11.7. The lowest BCUT2D eigenvalue weighted by molar-refractivity contribution is -0.312. The van der Waals surface area contributed by atoms with Crippen molar-refractivity contribution in [1.29, 1.82) is 0 Å². The van der Waals surface area contributed by atoms with Crippen molar-refractivity contribution in [2.45, 2.75) is 76.3 Å². The summed E-state index contributed by atoms with van der Waals surface area (Å²) >= 11 is 0. The van der Waals surface area contributed by atoms with Gasteiger partial charge >= 0.3 is 0 Å². The normalized spacial score (nSPS) is 39.4. The fourth-order valence-electron chi connectivity index (χ4n) is 4.07. The molecule has 174 valence electrons. The number of aliphatic hydroxyl groups excluding tert-OH is 2. The maximum atomic E-state index is 11.7. The molecule has 2 amide bonds. The van der Waals surface area contributed by atoms with Crippen molar-refractivity contribution in [3.8, 4) is 0 Å². The number of methoxy groups -OCH3 is 2. The van der Waals surface area contributed by atoms with Gasteiger partial charge in [0.1, 0.15) is 12.2 Å². The lowest BCUT2D eigenvalue weighted by Crippen LogP contribution is -2.64.